The van der Waals surface area contributed by atoms with Gasteiger partial charge in [0.1, 0.15) is 6.33 Å². The topological polar surface area (TPSA) is 88.5 Å². The van der Waals surface area contributed by atoms with Gasteiger partial charge in [0.15, 0.2) is 5.82 Å². The minimum absolute atomic E-state index is 0.0983. The second kappa shape index (κ2) is 6.43. The third kappa shape index (κ3) is 3.45. The fourth-order valence-corrected chi connectivity index (χ4v) is 2.23. The van der Waals surface area contributed by atoms with E-state index in [4.69, 9.17) is 0 Å². The molecule has 0 bridgehead atoms. The van der Waals surface area contributed by atoms with Crippen LogP contribution in [0.2, 0.25) is 0 Å². The molecular weight excluding hydrogens is 292 g/mol. The van der Waals surface area contributed by atoms with Crippen LogP contribution in [0.3, 0.4) is 0 Å². The molecule has 0 spiro atoms. The molecule has 0 radical (unpaired) electrons. The average molecular weight is 310 g/mol. The SMILES string of the molecule is Cc1cnn([C@@H](C)CNC(=O)c2ccc(-c3ncn[nH]3)cc2)c1. The molecule has 23 heavy (non-hydrogen) atoms. The number of carbonyl (C=O) groups is 1. The first-order valence-electron chi connectivity index (χ1n) is 7.38. The number of hydrogen-bond donors (Lipinski definition) is 2. The number of aromatic amines is 1. The number of aromatic nitrogens is 5. The molecule has 3 aromatic rings. The van der Waals surface area contributed by atoms with Crippen LogP contribution >= 0.6 is 0 Å². The summed E-state index contributed by atoms with van der Waals surface area (Å²) in [5, 5.41) is 13.8. The molecule has 0 saturated carbocycles. The summed E-state index contributed by atoms with van der Waals surface area (Å²) in [5.74, 6) is 0.574. The van der Waals surface area contributed by atoms with Gasteiger partial charge in [-0.2, -0.15) is 10.2 Å². The first-order valence-corrected chi connectivity index (χ1v) is 7.38. The molecule has 118 valence electrons. The summed E-state index contributed by atoms with van der Waals surface area (Å²) < 4.78 is 1.85. The van der Waals surface area contributed by atoms with Crippen LogP contribution in [-0.2, 0) is 0 Å². The van der Waals surface area contributed by atoms with Crippen molar-refractivity contribution < 1.29 is 4.79 Å². The molecule has 1 atom stereocenters. The molecule has 3 rings (SSSR count). The Morgan fingerprint density at radius 3 is 2.74 bits per heavy atom. The summed E-state index contributed by atoms with van der Waals surface area (Å²) in [4.78, 5) is 16.3. The molecule has 1 aromatic carbocycles. The molecule has 2 aromatic heterocycles. The van der Waals surface area contributed by atoms with Gasteiger partial charge in [-0.15, -0.1) is 0 Å². The zero-order valence-electron chi connectivity index (χ0n) is 13.0. The number of nitrogens with zero attached hydrogens (tertiary/aromatic N) is 4. The first kappa shape index (κ1) is 15.0. The van der Waals surface area contributed by atoms with Crippen molar-refractivity contribution in [2.24, 2.45) is 0 Å². The maximum Gasteiger partial charge on any atom is 0.251 e. The molecule has 7 heteroatoms. The zero-order chi connectivity index (χ0) is 16.2. The lowest BCUT2D eigenvalue weighted by molar-refractivity contribution is 0.0948. The number of carbonyl (C=O) groups excluding carboxylic acids is 1. The van der Waals surface area contributed by atoms with E-state index in [0.29, 0.717) is 17.9 Å². The first-order chi connectivity index (χ1) is 11.1. The number of nitrogens with one attached hydrogen (secondary N) is 2. The van der Waals surface area contributed by atoms with Crippen LogP contribution < -0.4 is 5.32 Å². The Hall–Kier alpha value is -2.96. The lowest BCUT2D eigenvalue weighted by Crippen LogP contribution is -2.29. The fourth-order valence-electron chi connectivity index (χ4n) is 2.23. The second-order valence-corrected chi connectivity index (χ2v) is 5.47. The molecule has 1 amide bonds. The fraction of sp³-hybridized carbons (Fsp3) is 0.250. The van der Waals surface area contributed by atoms with E-state index >= 15 is 0 Å². The van der Waals surface area contributed by atoms with E-state index in [1.54, 1.807) is 18.3 Å². The molecule has 2 heterocycles. The van der Waals surface area contributed by atoms with E-state index in [2.05, 4.69) is 25.6 Å². The van der Waals surface area contributed by atoms with E-state index in [1.165, 1.54) is 6.33 Å². The number of rotatable bonds is 5. The Bertz CT molecular complexity index is 775. The predicted molar refractivity (Wildman–Crippen MR) is 85.8 cm³/mol. The second-order valence-electron chi connectivity index (χ2n) is 5.47. The highest BCUT2D eigenvalue weighted by Gasteiger charge is 2.10. The number of H-pyrrole nitrogens is 1. The van der Waals surface area contributed by atoms with Gasteiger partial charge < -0.3 is 5.32 Å². The summed E-state index contributed by atoms with van der Waals surface area (Å²) in [6, 6.07) is 7.33. The third-order valence-electron chi connectivity index (χ3n) is 3.58. The molecule has 0 aliphatic heterocycles. The van der Waals surface area contributed by atoms with E-state index in [-0.39, 0.29) is 11.9 Å². The Morgan fingerprint density at radius 2 is 2.13 bits per heavy atom. The van der Waals surface area contributed by atoms with Crippen molar-refractivity contribution >= 4 is 5.91 Å². The molecule has 2 N–H and O–H groups in total. The zero-order valence-corrected chi connectivity index (χ0v) is 13.0. The van der Waals surface area contributed by atoms with E-state index in [0.717, 1.165) is 11.1 Å². The molecule has 0 unspecified atom stereocenters. The van der Waals surface area contributed by atoms with Crippen LogP contribution in [0.5, 0.6) is 0 Å². The Kier molecular flexibility index (Phi) is 4.18. The maximum atomic E-state index is 12.2. The summed E-state index contributed by atoms with van der Waals surface area (Å²) in [5.41, 5.74) is 2.60. The van der Waals surface area contributed by atoms with Gasteiger partial charge in [0.2, 0.25) is 0 Å². The average Bonchev–Trinajstić information content (AvgIpc) is 3.24. The van der Waals surface area contributed by atoms with E-state index in [9.17, 15) is 4.79 Å². The highest BCUT2D eigenvalue weighted by molar-refractivity contribution is 5.94. The van der Waals surface area contributed by atoms with Gasteiger partial charge in [-0.05, 0) is 31.5 Å². The largest absolute Gasteiger partial charge is 0.350 e. The monoisotopic (exact) mass is 310 g/mol. The van der Waals surface area contributed by atoms with Crippen molar-refractivity contribution in [2.75, 3.05) is 6.54 Å². The van der Waals surface area contributed by atoms with E-state index in [1.807, 2.05) is 36.9 Å². The van der Waals surface area contributed by atoms with Crippen molar-refractivity contribution in [3.63, 3.8) is 0 Å². The van der Waals surface area contributed by atoms with Crippen molar-refractivity contribution in [1.29, 1.82) is 0 Å². The van der Waals surface area contributed by atoms with Gasteiger partial charge in [0.25, 0.3) is 5.91 Å². The smallest absolute Gasteiger partial charge is 0.251 e. The minimum atomic E-state index is -0.107. The Labute approximate surface area is 133 Å². The van der Waals surface area contributed by atoms with Crippen LogP contribution in [0.25, 0.3) is 11.4 Å². The van der Waals surface area contributed by atoms with Crippen molar-refractivity contribution in [1.82, 2.24) is 30.3 Å². The summed E-state index contributed by atoms with van der Waals surface area (Å²) in [7, 11) is 0. The molecule has 7 nitrogen and oxygen atoms in total. The number of aryl methyl sites for hydroxylation is 1. The van der Waals surface area contributed by atoms with Gasteiger partial charge in [-0.25, -0.2) is 4.98 Å². The van der Waals surface area contributed by atoms with Gasteiger partial charge in [0.05, 0.1) is 12.2 Å². The molecule has 0 saturated heterocycles. The van der Waals surface area contributed by atoms with Crippen LogP contribution in [0.15, 0.2) is 43.0 Å². The van der Waals surface area contributed by atoms with Crippen LogP contribution in [-0.4, -0.2) is 37.4 Å². The minimum Gasteiger partial charge on any atom is -0.350 e. The Morgan fingerprint density at radius 1 is 1.35 bits per heavy atom. The predicted octanol–water partition coefficient (Wildman–Crippen LogP) is 1.97. The van der Waals surface area contributed by atoms with Crippen molar-refractivity contribution in [3.8, 4) is 11.4 Å². The van der Waals surface area contributed by atoms with Crippen LogP contribution in [0.1, 0.15) is 28.9 Å². The van der Waals surface area contributed by atoms with Crippen molar-refractivity contribution in [3.05, 3.63) is 54.1 Å². The quantitative estimate of drug-likeness (QED) is 0.754. The summed E-state index contributed by atoms with van der Waals surface area (Å²) >= 11 is 0. The number of hydrogen-bond acceptors (Lipinski definition) is 4. The molecule has 0 aliphatic carbocycles. The van der Waals surface area contributed by atoms with Crippen LogP contribution in [0, 0.1) is 6.92 Å². The maximum absolute atomic E-state index is 12.2. The highest BCUT2D eigenvalue weighted by atomic mass is 16.1. The third-order valence-corrected chi connectivity index (χ3v) is 3.58. The standard InChI is InChI=1S/C16H18N6O/c1-11-7-20-22(9-11)12(2)8-17-16(23)14-5-3-13(4-6-14)15-18-10-19-21-15/h3-7,9-10,12H,8H2,1-2H3,(H,17,23)(H,18,19,21)/t12-/m0/s1. The molecule has 0 aliphatic rings. The summed E-state index contributed by atoms with van der Waals surface area (Å²) in [6.07, 6.45) is 5.22. The van der Waals surface area contributed by atoms with Gasteiger partial charge >= 0.3 is 0 Å². The number of amides is 1. The lowest BCUT2D eigenvalue weighted by atomic mass is 10.1. The van der Waals surface area contributed by atoms with Gasteiger partial charge in [0, 0.05) is 23.9 Å². The van der Waals surface area contributed by atoms with E-state index < -0.39 is 0 Å². The normalized spacial score (nSPS) is 12.1. The summed E-state index contributed by atoms with van der Waals surface area (Å²) in [6.45, 7) is 4.52. The Balaban J connectivity index is 1.60. The lowest BCUT2D eigenvalue weighted by Gasteiger charge is -2.13. The number of benzene rings is 1. The van der Waals surface area contributed by atoms with Crippen LogP contribution in [0.4, 0.5) is 0 Å². The molecular formula is C16H18N6O. The van der Waals surface area contributed by atoms with Crippen molar-refractivity contribution in [2.45, 2.75) is 19.9 Å². The highest BCUT2D eigenvalue weighted by Crippen LogP contribution is 2.14. The van der Waals surface area contributed by atoms with Gasteiger partial charge in [-0.1, -0.05) is 12.1 Å². The molecule has 0 fully saturated rings. The van der Waals surface area contributed by atoms with Gasteiger partial charge in [-0.3, -0.25) is 14.6 Å².